The molecule has 2 aromatic heterocycles. The molecule has 0 aliphatic heterocycles. The van der Waals surface area contributed by atoms with Gasteiger partial charge in [0.15, 0.2) is 10.9 Å². The van der Waals surface area contributed by atoms with E-state index in [-0.39, 0.29) is 27.2 Å². The van der Waals surface area contributed by atoms with Crippen molar-refractivity contribution >= 4 is 53.7 Å². The van der Waals surface area contributed by atoms with E-state index in [2.05, 4.69) is 9.97 Å². The number of aryl methyl sites for hydroxylation is 2. The Hall–Kier alpha value is -3.49. The van der Waals surface area contributed by atoms with E-state index in [0.29, 0.717) is 21.8 Å². The maximum absolute atomic E-state index is 13.3. The maximum atomic E-state index is 13.3. The largest absolute Gasteiger partial charge is 0.354 e. The summed E-state index contributed by atoms with van der Waals surface area (Å²) in [6, 6.07) is 11.7. The standard InChI is InChI=1S/C22H16N2O5S/c1-10-5-4-8-14-16(10)21(26)13-9-15-17(22(19(13)23-14)30(27,28)29)20(25)12-7-3-6-11(2)18(12)24-15/h3-9H,1-2H3,(H,23,26)(H,24,25)(H,27,28,29). The molecule has 3 aromatic carbocycles. The first-order chi connectivity index (χ1) is 14.2. The second-order valence-electron chi connectivity index (χ2n) is 7.43. The topological polar surface area (TPSA) is 120 Å². The van der Waals surface area contributed by atoms with Crippen molar-refractivity contribution in [3.05, 3.63) is 74.0 Å². The van der Waals surface area contributed by atoms with Gasteiger partial charge in [0.2, 0.25) is 0 Å². The number of hydrogen-bond donors (Lipinski definition) is 3. The minimum Gasteiger partial charge on any atom is -0.354 e. The zero-order valence-corrected chi connectivity index (χ0v) is 16.8. The SMILES string of the molecule is Cc1cccc2c(=O)c3c(S(=O)(=O)O)c4[nH]c5cccc(C)c5c(=O)c4cc3[nH]c12. The van der Waals surface area contributed by atoms with Gasteiger partial charge in [0.05, 0.1) is 27.5 Å². The molecule has 0 spiro atoms. The molecule has 0 aliphatic rings. The number of nitrogens with one attached hydrogen (secondary N) is 2. The van der Waals surface area contributed by atoms with Gasteiger partial charge in [-0.25, -0.2) is 0 Å². The van der Waals surface area contributed by atoms with E-state index in [0.717, 1.165) is 11.1 Å². The summed E-state index contributed by atoms with van der Waals surface area (Å²) in [5, 5.41) is 0.599. The second kappa shape index (κ2) is 6.01. The number of hydrogen-bond acceptors (Lipinski definition) is 4. The summed E-state index contributed by atoms with van der Waals surface area (Å²) >= 11 is 0. The van der Waals surface area contributed by atoms with E-state index < -0.39 is 20.4 Å². The molecule has 0 aliphatic carbocycles. The fourth-order valence-corrected chi connectivity index (χ4v) is 5.06. The van der Waals surface area contributed by atoms with Gasteiger partial charge >= 0.3 is 0 Å². The third kappa shape index (κ3) is 2.44. The van der Waals surface area contributed by atoms with Crippen LogP contribution in [0.5, 0.6) is 0 Å². The lowest BCUT2D eigenvalue weighted by atomic mass is 10.0. The molecule has 0 amide bonds. The van der Waals surface area contributed by atoms with Crippen LogP contribution in [0.1, 0.15) is 11.1 Å². The van der Waals surface area contributed by atoms with E-state index in [1.165, 1.54) is 6.07 Å². The summed E-state index contributed by atoms with van der Waals surface area (Å²) in [5.41, 5.74) is 1.65. The molecule has 0 bridgehead atoms. The van der Waals surface area contributed by atoms with Gasteiger partial charge in [0.1, 0.15) is 4.90 Å². The highest BCUT2D eigenvalue weighted by Gasteiger charge is 2.25. The van der Waals surface area contributed by atoms with Crippen LogP contribution in [0.4, 0.5) is 0 Å². The van der Waals surface area contributed by atoms with Crippen LogP contribution in [0.2, 0.25) is 0 Å². The van der Waals surface area contributed by atoms with E-state index in [9.17, 15) is 22.6 Å². The van der Waals surface area contributed by atoms with Crippen LogP contribution in [0.25, 0.3) is 43.6 Å². The smallest absolute Gasteiger partial charge is 0.297 e. The van der Waals surface area contributed by atoms with Gasteiger partial charge in [-0.15, -0.1) is 0 Å². The number of rotatable bonds is 1. The van der Waals surface area contributed by atoms with Crippen molar-refractivity contribution in [3.63, 3.8) is 0 Å². The lowest BCUT2D eigenvalue weighted by Gasteiger charge is -2.12. The normalized spacial score (nSPS) is 12.4. The molecule has 30 heavy (non-hydrogen) atoms. The van der Waals surface area contributed by atoms with Crippen molar-refractivity contribution in [2.24, 2.45) is 0 Å². The number of benzene rings is 3. The molecule has 0 unspecified atom stereocenters. The van der Waals surface area contributed by atoms with Crippen LogP contribution in [0, 0.1) is 13.8 Å². The summed E-state index contributed by atoms with van der Waals surface area (Å²) in [4.78, 5) is 32.0. The zero-order chi connectivity index (χ0) is 21.4. The quantitative estimate of drug-likeness (QED) is 0.283. The molecule has 0 radical (unpaired) electrons. The molecule has 2 heterocycles. The van der Waals surface area contributed by atoms with Gasteiger partial charge in [0.25, 0.3) is 10.1 Å². The minimum atomic E-state index is -4.84. The number of fused-ring (bicyclic) bond motifs is 4. The predicted molar refractivity (Wildman–Crippen MR) is 117 cm³/mol. The van der Waals surface area contributed by atoms with Crippen molar-refractivity contribution in [2.75, 3.05) is 0 Å². The van der Waals surface area contributed by atoms with E-state index >= 15 is 0 Å². The van der Waals surface area contributed by atoms with Gasteiger partial charge in [-0.3, -0.25) is 14.1 Å². The molecule has 150 valence electrons. The molecule has 0 saturated heterocycles. The number of H-pyrrole nitrogens is 2. The predicted octanol–water partition coefficient (Wildman–Crippen LogP) is 3.54. The Morgan fingerprint density at radius 2 is 1.40 bits per heavy atom. The van der Waals surface area contributed by atoms with Crippen LogP contribution in [-0.2, 0) is 10.1 Å². The van der Waals surface area contributed by atoms with Crippen molar-refractivity contribution in [1.29, 1.82) is 0 Å². The molecule has 7 nitrogen and oxygen atoms in total. The molecule has 8 heteroatoms. The third-order valence-corrected chi connectivity index (χ3v) is 6.47. The number of para-hydroxylation sites is 1. The van der Waals surface area contributed by atoms with Crippen molar-refractivity contribution in [1.82, 2.24) is 9.97 Å². The average Bonchev–Trinajstić information content (AvgIpc) is 2.67. The summed E-state index contributed by atoms with van der Waals surface area (Å²) in [6.45, 7) is 3.60. The molecule has 0 atom stereocenters. The fourth-order valence-electron chi connectivity index (χ4n) is 4.18. The summed E-state index contributed by atoms with van der Waals surface area (Å²) in [7, 11) is -4.84. The van der Waals surface area contributed by atoms with E-state index in [1.54, 1.807) is 37.3 Å². The van der Waals surface area contributed by atoms with Crippen LogP contribution < -0.4 is 10.9 Å². The lowest BCUT2D eigenvalue weighted by molar-refractivity contribution is 0.485. The Labute approximate surface area is 169 Å². The summed E-state index contributed by atoms with van der Waals surface area (Å²) in [5.74, 6) is 0. The van der Waals surface area contributed by atoms with Gasteiger partial charge in [0, 0.05) is 16.2 Å². The third-order valence-electron chi connectivity index (χ3n) is 5.55. The minimum absolute atomic E-state index is 0.0699. The first-order valence-electron chi connectivity index (χ1n) is 9.19. The molecular formula is C22H16N2O5S. The Kier molecular flexibility index (Phi) is 3.71. The summed E-state index contributed by atoms with van der Waals surface area (Å²) in [6.07, 6.45) is 0. The molecule has 5 rings (SSSR count). The molecular weight excluding hydrogens is 404 g/mol. The van der Waals surface area contributed by atoms with Gasteiger partial charge < -0.3 is 9.97 Å². The number of pyridine rings is 2. The van der Waals surface area contributed by atoms with Gasteiger partial charge in [-0.05, 0) is 43.2 Å². The molecule has 3 N–H and O–H groups in total. The highest BCUT2D eigenvalue weighted by molar-refractivity contribution is 7.86. The van der Waals surface area contributed by atoms with Crippen LogP contribution in [-0.4, -0.2) is 22.9 Å². The highest BCUT2D eigenvalue weighted by atomic mass is 32.2. The van der Waals surface area contributed by atoms with E-state index in [4.69, 9.17) is 0 Å². The van der Waals surface area contributed by atoms with E-state index in [1.807, 2.05) is 13.0 Å². The Morgan fingerprint density at radius 3 is 2.13 bits per heavy atom. The van der Waals surface area contributed by atoms with Crippen LogP contribution >= 0.6 is 0 Å². The summed E-state index contributed by atoms with van der Waals surface area (Å²) < 4.78 is 34.9. The Bertz CT molecular complexity index is 1780. The van der Waals surface area contributed by atoms with Crippen molar-refractivity contribution in [2.45, 2.75) is 18.7 Å². The van der Waals surface area contributed by atoms with Gasteiger partial charge in [-0.1, -0.05) is 24.3 Å². The van der Waals surface area contributed by atoms with Gasteiger partial charge in [-0.2, -0.15) is 8.42 Å². The maximum Gasteiger partial charge on any atom is 0.297 e. The molecule has 5 aromatic rings. The van der Waals surface area contributed by atoms with Crippen LogP contribution in [0.3, 0.4) is 0 Å². The molecule has 0 saturated carbocycles. The fraction of sp³-hybridized carbons (Fsp3) is 0.0909. The first kappa shape index (κ1) is 18.5. The highest BCUT2D eigenvalue weighted by Crippen LogP contribution is 2.30. The Morgan fingerprint density at radius 1 is 0.767 bits per heavy atom. The Balaban J connectivity index is 2.19. The lowest BCUT2D eigenvalue weighted by Crippen LogP contribution is -2.15. The second-order valence-corrected chi connectivity index (χ2v) is 8.79. The number of aromatic nitrogens is 2. The monoisotopic (exact) mass is 420 g/mol. The van der Waals surface area contributed by atoms with Crippen molar-refractivity contribution < 1.29 is 13.0 Å². The average molecular weight is 420 g/mol. The van der Waals surface area contributed by atoms with Crippen LogP contribution in [0.15, 0.2) is 56.9 Å². The first-order valence-corrected chi connectivity index (χ1v) is 10.6. The number of aromatic amines is 2. The zero-order valence-electron chi connectivity index (χ0n) is 16.0. The van der Waals surface area contributed by atoms with Crippen molar-refractivity contribution in [3.8, 4) is 0 Å². The molecule has 0 fully saturated rings.